The van der Waals surface area contributed by atoms with Gasteiger partial charge in [0.15, 0.2) is 0 Å². The Hall–Kier alpha value is -4.95. The average Bonchev–Trinajstić information content (AvgIpc) is 3.44. The summed E-state index contributed by atoms with van der Waals surface area (Å²) in [5, 5.41) is 16.9. The quantitative estimate of drug-likeness (QED) is 0.0932. The van der Waals surface area contributed by atoms with Crippen molar-refractivity contribution in [1.82, 2.24) is 29.9 Å². The summed E-state index contributed by atoms with van der Waals surface area (Å²) >= 11 is 6.97. The number of aryl methyl sites for hydroxylation is 2. The number of nitrogens with zero attached hydrogens (tertiary/aromatic N) is 5. The van der Waals surface area contributed by atoms with E-state index in [1.807, 2.05) is 39.8 Å². The van der Waals surface area contributed by atoms with Crippen LogP contribution in [0.2, 0.25) is 0 Å². The fourth-order valence-corrected chi connectivity index (χ4v) is 5.79. The SMILES string of the molecule is Cc1[nH]c(Br)c(C)c1-c1ccnc(Nc2ccc(F)cc2)n1.Cc1[nH]c(Br)c(C)c1-c1ccnc(Nc2cccc([N+](=O)[O-])c2)n1. The van der Waals surface area contributed by atoms with Crippen LogP contribution in [0.5, 0.6) is 0 Å². The van der Waals surface area contributed by atoms with E-state index in [9.17, 15) is 14.5 Å². The summed E-state index contributed by atoms with van der Waals surface area (Å²) in [6.45, 7) is 8.00. The average molecular weight is 749 g/mol. The van der Waals surface area contributed by atoms with Crippen LogP contribution in [0.15, 0.2) is 82.3 Å². The molecule has 4 N–H and O–H groups in total. The molecular weight excluding hydrogens is 721 g/mol. The van der Waals surface area contributed by atoms with Gasteiger partial charge in [0.2, 0.25) is 11.9 Å². The van der Waals surface area contributed by atoms with E-state index >= 15 is 0 Å². The Balaban J connectivity index is 0.000000182. The van der Waals surface area contributed by atoms with Crippen molar-refractivity contribution in [3.05, 3.63) is 121 Å². The summed E-state index contributed by atoms with van der Waals surface area (Å²) in [5.41, 5.74) is 9.17. The smallest absolute Gasteiger partial charge is 0.271 e. The molecule has 0 fully saturated rings. The molecule has 46 heavy (non-hydrogen) atoms. The predicted octanol–water partition coefficient (Wildman–Crippen LogP) is 9.24. The maximum absolute atomic E-state index is 12.9. The van der Waals surface area contributed by atoms with Gasteiger partial charge in [0.25, 0.3) is 5.69 Å². The molecule has 0 unspecified atom stereocenters. The molecule has 0 bridgehead atoms. The largest absolute Gasteiger partial charge is 0.353 e. The van der Waals surface area contributed by atoms with Gasteiger partial charge in [-0.05, 0) is 113 Å². The van der Waals surface area contributed by atoms with Crippen molar-refractivity contribution in [1.29, 1.82) is 0 Å². The number of nitro benzene ring substituents is 1. The van der Waals surface area contributed by atoms with Crippen LogP contribution in [-0.4, -0.2) is 34.8 Å². The fourth-order valence-electron chi connectivity index (χ4n) is 4.80. The normalized spacial score (nSPS) is 10.7. The number of nitrogens with one attached hydrogen (secondary N) is 4. The van der Waals surface area contributed by atoms with E-state index in [0.29, 0.717) is 17.6 Å². The Bertz CT molecular complexity index is 2030. The number of hydrogen-bond donors (Lipinski definition) is 4. The van der Waals surface area contributed by atoms with E-state index in [-0.39, 0.29) is 11.5 Å². The maximum atomic E-state index is 12.9. The summed E-state index contributed by atoms with van der Waals surface area (Å²) in [5.74, 6) is 0.577. The van der Waals surface area contributed by atoms with Gasteiger partial charge in [-0.1, -0.05) is 6.07 Å². The van der Waals surface area contributed by atoms with E-state index in [1.54, 1.807) is 36.7 Å². The molecular formula is C32H28Br2FN9O2. The Labute approximate surface area is 280 Å². The van der Waals surface area contributed by atoms with Crippen molar-refractivity contribution in [2.24, 2.45) is 0 Å². The minimum absolute atomic E-state index is 0.0115. The molecule has 11 nitrogen and oxygen atoms in total. The number of benzene rings is 2. The molecule has 2 aromatic carbocycles. The van der Waals surface area contributed by atoms with Gasteiger partial charge in [0.05, 0.1) is 25.5 Å². The van der Waals surface area contributed by atoms with E-state index in [1.165, 1.54) is 24.3 Å². The van der Waals surface area contributed by atoms with Gasteiger partial charge in [0.1, 0.15) is 5.82 Å². The van der Waals surface area contributed by atoms with Gasteiger partial charge in [-0.25, -0.2) is 24.3 Å². The van der Waals surface area contributed by atoms with E-state index in [0.717, 1.165) is 59.9 Å². The van der Waals surface area contributed by atoms with Crippen molar-refractivity contribution >= 4 is 60.8 Å². The van der Waals surface area contributed by atoms with Crippen LogP contribution in [0, 0.1) is 43.6 Å². The van der Waals surface area contributed by atoms with Crippen LogP contribution >= 0.6 is 31.9 Å². The van der Waals surface area contributed by atoms with Gasteiger partial charge in [0, 0.05) is 58.4 Å². The molecule has 0 spiro atoms. The molecule has 0 radical (unpaired) electrons. The number of H-pyrrole nitrogens is 2. The number of nitro groups is 1. The zero-order chi connectivity index (χ0) is 33.0. The molecule has 0 aliphatic carbocycles. The van der Waals surface area contributed by atoms with Crippen molar-refractivity contribution in [3.8, 4) is 22.5 Å². The van der Waals surface area contributed by atoms with Gasteiger partial charge in [-0.2, -0.15) is 0 Å². The van der Waals surface area contributed by atoms with Crippen molar-refractivity contribution in [3.63, 3.8) is 0 Å². The highest BCUT2D eigenvalue weighted by Gasteiger charge is 2.15. The Morgan fingerprint density at radius 1 is 0.739 bits per heavy atom. The molecule has 6 rings (SSSR count). The van der Waals surface area contributed by atoms with Crippen LogP contribution in [-0.2, 0) is 0 Å². The zero-order valence-electron chi connectivity index (χ0n) is 25.1. The molecule has 0 saturated carbocycles. The molecule has 0 saturated heterocycles. The van der Waals surface area contributed by atoms with E-state index < -0.39 is 4.92 Å². The first kappa shape index (κ1) is 32.4. The highest BCUT2D eigenvalue weighted by atomic mass is 79.9. The second kappa shape index (κ2) is 14.0. The molecule has 4 heterocycles. The minimum Gasteiger partial charge on any atom is -0.353 e. The lowest BCUT2D eigenvalue weighted by atomic mass is 10.1. The van der Waals surface area contributed by atoms with E-state index in [4.69, 9.17) is 0 Å². The topological polar surface area (TPSA) is 150 Å². The molecule has 0 aliphatic heterocycles. The first-order valence-electron chi connectivity index (χ1n) is 13.9. The number of non-ortho nitro benzene ring substituents is 1. The predicted molar refractivity (Wildman–Crippen MR) is 184 cm³/mol. The summed E-state index contributed by atoms with van der Waals surface area (Å²) < 4.78 is 14.8. The van der Waals surface area contributed by atoms with Gasteiger partial charge in [-0.15, -0.1) is 0 Å². The first-order chi connectivity index (χ1) is 22.0. The number of hydrogen-bond acceptors (Lipinski definition) is 8. The Morgan fingerprint density at radius 2 is 1.24 bits per heavy atom. The third-order valence-corrected chi connectivity index (χ3v) is 8.58. The molecule has 4 aromatic heterocycles. The second-order valence-electron chi connectivity index (χ2n) is 10.2. The van der Waals surface area contributed by atoms with Crippen LogP contribution in [0.1, 0.15) is 22.5 Å². The molecule has 14 heteroatoms. The molecule has 234 valence electrons. The molecule has 0 amide bonds. The highest BCUT2D eigenvalue weighted by Crippen LogP contribution is 2.32. The summed E-state index contributed by atoms with van der Waals surface area (Å²) in [6.07, 6.45) is 3.36. The van der Waals surface area contributed by atoms with Crippen LogP contribution in [0.4, 0.5) is 33.3 Å². The molecule has 0 atom stereocenters. The number of anilines is 4. The van der Waals surface area contributed by atoms with E-state index in [2.05, 4.69) is 72.4 Å². The lowest BCUT2D eigenvalue weighted by Gasteiger charge is -2.07. The zero-order valence-corrected chi connectivity index (χ0v) is 28.3. The monoisotopic (exact) mass is 747 g/mol. The lowest BCUT2D eigenvalue weighted by molar-refractivity contribution is -0.384. The maximum Gasteiger partial charge on any atom is 0.271 e. The van der Waals surface area contributed by atoms with Crippen LogP contribution in [0.3, 0.4) is 0 Å². The van der Waals surface area contributed by atoms with Gasteiger partial charge in [-0.3, -0.25) is 10.1 Å². The summed E-state index contributed by atoms with van der Waals surface area (Å²) in [6, 6.07) is 16.0. The Morgan fingerprint density at radius 3 is 1.70 bits per heavy atom. The van der Waals surface area contributed by atoms with Crippen LogP contribution in [0.25, 0.3) is 22.5 Å². The number of aromatic nitrogens is 6. The number of aromatic amines is 2. The fraction of sp³-hybridized carbons (Fsp3) is 0.125. The molecule has 6 aromatic rings. The third-order valence-electron chi connectivity index (χ3n) is 6.99. The summed E-state index contributed by atoms with van der Waals surface area (Å²) in [4.78, 5) is 34.3. The third kappa shape index (κ3) is 7.46. The Kier molecular flexibility index (Phi) is 9.87. The highest BCUT2D eigenvalue weighted by molar-refractivity contribution is 9.10. The van der Waals surface area contributed by atoms with Crippen molar-refractivity contribution < 1.29 is 9.31 Å². The van der Waals surface area contributed by atoms with Gasteiger partial charge >= 0.3 is 0 Å². The number of rotatable bonds is 7. The summed E-state index contributed by atoms with van der Waals surface area (Å²) in [7, 11) is 0. The standard InChI is InChI=1S/C16H14BrFN4.C16H14BrN5O2/c1-9-14(10(2)20-15(9)17)13-7-8-19-16(22-13)21-12-5-3-11(18)4-6-12;1-9-14(10(2)19-15(9)17)13-6-7-18-16(21-13)20-11-4-3-5-12(8-11)22(23)24/h3-8,20H,1-2H3,(H,19,21,22);3-8,19H,1-2H3,(H,18,20,21). The van der Waals surface area contributed by atoms with Crippen molar-refractivity contribution in [2.75, 3.05) is 10.6 Å². The second-order valence-corrected chi connectivity index (χ2v) is 11.8. The number of halogens is 3. The molecule has 0 aliphatic rings. The first-order valence-corrected chi connectivity index (χ1v) is 15.5. The van der Waals surface area contributed by atoms with Crippen molar-refractivity contribution in [2.45, 2.75) is 27.7 Å². The minimum atomic E-state index is -0.438. The van der Waals surface area contributed by atoms with Crippen LogP contribution < -0.4 is 10.6 Å². The lowest BCUT2D eigenvalue weighted by Crippen LogP contribution is -1.99. The van der Waals surface area contributed by atoms with Gasteiger partial charge < -0.3 is 20.6 Å².